The summed E-state index contributed by atoms with van der Waals surface area (Å²) >= 11 is 6.03. The van der Waals surface area contributed by atoms with Crippen molar-refractivity contribution in [1.82, 2.24) is 9.88 Å². The van der Waals surface area contributed by atoms with E-state index in [0.29, 0.717) is 49.9 Å². The molecule has 182 valence electrons. The Bertz CT molecular complexity index is 1120. The molecule has 0 unspecified atom stereocenters. The Morgan fingerprint density at radius 1 is 1.24 bits per heavy atom. The van der Waals surface area contributed by atoms with Gasteiger partial charge in [-0.1, -0.05) is 11.6 Å². The SMILES string of the molecule is CCOC(=O)c1ccc(N2CC(CC(=O)N3CCc4nc(Cl)cc(C)c4C3)C2)cc1C(F)(F)F. The molecule has 0 spiro atoms. The molecule has 0 saturated carbocycles. The van der Waals surface area contributed by atoms with Crippen LogP contribution >= 0.6 is 11.6 Å². The van der Waals surface area contributed by atoms with Gasteiger partial charge >= 0.3 is 12.1 Å². The lowest BCUT2D eigenvalue weighted by Gasteiger charge is -2.42. The van der Waals surface area contributed by atoms with Gasteiger partial charge in [0.05, 0.1) is 17.7 Å². The second-order valence-corrected chi connectivity index (χ2v) is 9.06. The lowest BCUT2D eigenvalue weighted by atomic mass is 9.93. The van der Waals surface area contributed by atoms with Crippen LogP contribution in [0.4, 0.5) is 18.9 Å². The van der Waals surface area contributed by atoms with E-state index in [-0.39, 0.29) is 18.4 Å². The summed E-state index contributed by atoms with van der Waals surface area (Å²) in [5.74, 6) is -0.917. The molecule has 6 nitrogen and oxygen atoms in total. The number of benzene rings is 1. The van der Waals surface area contributed by atoms with Gasteiger partial charge in [0.2, 0.25) is 5.91 Å². The number of fused-ring (bicyclic) bond motifs is 1. The number of carbonyl (C=O) groups excluding carboxylic acids is 2. The first-order chi connectivity index (χ1) is 16.1. The molecule has 10 heteroatoms. The summed E-state index contributed by atoms with van der Waals surface area (Å²) in [6, 6.07) is 5.41. The number of amides is 1. The number of pyridine rings is 1. The number of aromatic nitrogens is 1. The third kappa shape index (κ3) is 4.99. The number of nitrogens with zero attached hydrogens (tertiary/aromatic N) is 3. The van der Waals surface area contributed by atoms with Gasteiger partial charge in [0.15, 0.2) is 0 Å². The average Bonchev–Trinajstić information content (AvgIpc) is 2.74. The Hall–Kier alpha value is -2.81. The summed E-state index contributed by atoms with van der Waals surface area (Å²) < 4.78 is 45.4. The Morgan fingerprint density at radius 3 is 2.65 bits per heavy atom. The van der Waals surface area contributed by atoms with E-state index >= 15 is 0 Å². The molecule has 1 aromatic carbocycles. The number of alkyl halides is 3. The maximum atomic E-state index is 13.5. The highest BCUT2D eigenvalue weighted by atomic mass is 35.5. The Labute approximate surface area is 200 Å². The summed E-state index contributed by atoms with van der Waals surface area (Å²) in [4.78, 5) is 32.7. The van der Waals surface area contributed by atoms with E-state index in [4.69, 9.17) is 16.3 Å². The van der Waals surface area contributed by atoms with E-state index in [1.54, 1.807) is 11.0 Å². The zero-order chi connectivity index (χ0) is 24.6. The fourth-order valence-electron chi connectivity index (χ4n) is 4.50. The predicted octanol–water partition coefficient (Wildman–Crippen LogP) is 4.65. The second-order valence-electron chi connectivity index (χ2n) is 8.68. The number of anilines is 1. The van der Waals surface area contributed by atoms with Crippen molar-refractivity contribution in [2.75, 3.05) is 31.1 Å². The summed E-state index contributed by atoms with van der Waals surface area (Å²) in [5.41, 5.74) is 1.82. The number of carbonyl (C=O) groups is 2. The zero-order valence-electron chi connectivity index (χ0n) is 18.9. The fraction of sp³-hybridized carbons (Fsp3) is 0.458. The monoisotopic (exact) mass is 495 g/mol. The van der Waals surface area contributed by atoms with E-state index in [9.17, 15) is 22.8 Å². The highest BCUT2D eigenvalue weighted by Gasteiger charge is 2.38. The molecule has 2 aliphatic heterocycles. The molecule has 1 fully saturated rings. The normalized spacial score (nSPS) is 16.2. The molecule has 0 atom stereocenters. The van der Waals surface area contributed by atoms with Gasteiger partial charge in [0.1, 0.15) is 5.15 Å². The van der Waals surface area contributed by atoms with Gasteiger partial charge in [0, 0.05) is 56.3 Å². The largest absolute Gasteiger partial charge is 0.462 e. The first kappa shape index (κ1) is 24.3. The summed E-state index contributed by atoms with van der Waals surface area (Å²) in [6.45, 7) is 5.49. The van der Waals surface area contributed by atoms with E-state index in [2.05, 4.69) is 4.98 Å². The van der Waals surface area contributed by atoms with Crippen LogP contribution in [-0.4, -0.2) is 48.0 Å². The lowest BCUT2D eigenvalue weighted by molar-refractivity contribution is -0.138. The minimum atomic E-state index is -4.68. The van der Waals surface area contributed by atoms with Crippen LogP contribution in [0.3, 0.4) is 0 Å². The van der Waals surface area contributed by atoms with E-state index in [1.807, 2.05) is 11.8 Å². The smallest absolute Gasteiger partial charge is 0.417 e. The highest BCUT2D eigenvalue weighted by molar-refractivity contribution is 6.29. The van der Waals surface area contributed by atoms with Crippen molar-refractivity contribution in [2.45, 2.75) is 39.4 Å². The van der Waals surface area contributed by atoms with Gasteiger partial charge in [-0.15, -0.1) is 0 Å². The van der Waals surface area contributed by atoms with Crippen molar-refractivity contribution in [1.29, 1.82) is 0 Å². The molecule has 34 heavy (non-hydrogen) atoms. The molecule has 0 bridgehead atoms. The highest BCUT2D eigenvalue weighted by Crippen LogP contribution is 2.37. The van der Waals surface area contributed by atoms with E-state index in [1.165, 1.54) is 13.0 Å². The van der Waals surface area contributed by atoms with Crippen molar-refractivity contribution in [2.24, 2.45) is 5.92 Å². The minimum Gasteiger partial charge on any atom is -0.462 e. The molecule has 2 aromatic rings. The molecule has 0 N–H and O–H groups in total. The number of hydrogen-bond donors (Lipinski definition) is 0. The van der Waals surface area contributed by atoms with Gasteiger partial charge in [0.25, 0.3) is 0 Å². The van der Waals surface area contributed by atoms with Crippen molar-refractivity contribution in [3.05, 3.63) is 57.4 Å². The Balaban J connectivity index is 1.38. The molecule has 1 amide bonds. The summed E-state index contributed by atoms with van der Waals surface area (Å²) in [5, 5.41) is 0.453. The number of aryl methyl sites for hydroxylation is 1. The molecule has 4 rings (SSSR count). The number of rotatable bonds is 5. The van der Waals surface area contributed by atoms with Crippen LogP contribution in [0.15, 0.2) is 24.3 Å². The van der Waals surface area contributed by atoms with Crippen LogP contribution in [0.25, 0.3) is 0 Å². The van der Waals surface area contributed by atoms with Crippen LogP contribution in [0.5, 0.6) is 0 Å². The third-order valence-corrected chi connectivity index (χ3v) is 6.51. The summed E-state index contributed by atoms with van der Waals surface area (Å²) in [6.07, 6.45) is -3.70. The standard InChI is InChI=1S/C24H25ClF3N3O3/c1-3-34-23(33)17-5-4-16(10-19(17)24(26,27)28)31-11-15(12-31)9-22(32)30-7-6-20-18(13-30)14(2)8-21(25)29-20/h4-5,8,10,15H,3,6-7,9,11-13H2,1-2H3. The van der Waals surface area contributed by atoms with Crippen LogP contribution in [0.1, 0.15) is 46.1 Å². The van der Waals surface area contributed by atoms with Crippen LogP contribution in [-0.2, 0) is 28.7 Å². The van der Waals surface area contributed by atoms with Crippen LogP contribution < -0.4 is 4.90 Å². The van der Waals surface area contributed by atoms with Crippen molar-refractivity contribution >= 4 is 29.2 Å². The van der Waals surface area contributed by atoms with Crippen molar-refractivity contribution in [3.63, 3.8) is 0 Å². The minimum absolute atomic E-state index is 0.00779. The van der Waals surface area contributed by atoms with Crippen LogP contribution in [0.2, 0.25) is 5.15 Å². The van der Waals surface area contributed by atoms with Crippen molar-refractivity contribution in [3.8, 4) is 0 Å². The molecule has 2 aliphatic rings. The maximum Gasteiger partial charge on any atom is 0.417 e. The van der Waals surface area contributed by atoms with E-state index in [0.717, 1.165) is 29.0 Å². The zero-order valence-corrected chi connectivity index (χ0v) is 19.7. The van der Waals surface area contributed by atoms with E-state index < -0.39 is 23.3 Å². The Morgan fingerprint density at radius 2 is 1.97 bits per heavy atom. The fourth-order valence-corrected chi connectivity index (χ4v) is 4.77. The van der Waals surface area contributed by atoms with Gasteiger partial charge in [-0.25, -0.2) is 9.78 Å². The van der Waals surface area contributed by atoms with Gasteiger partial charge in [-0.05, 0) is 49.2 Å². The quantitative estimate of drug-likeness (QED) is 0.446. The lowest BCUT2D eigenvalue weighted by Crippen LogP contribution is -2.49. The van der Waals surface area contributed by atoms with Gasteiger partial charge in [-0.2, -0.15) is 13.2 Å². The van der Waals surface area contributed by atoms with Gasteiger partial charge < -0.3 is 14.5 Å². The molecule has 1 saturated heterocycles. The number of esters is 1. The molecule has 1 aromatic heterocycles. The number of ether oxygens (including phenoxy) is 1. The molecule has 3 heterocycles. The number of halogens is 4. The van der Waals surface area contributed by atoms with Crippen molar-refractivity contribution < 1.29 is 27.5 Å². The molecular weight excluding hydrogens is 471 g/mol. The average molecular weight is 496 g/mol. The topological polar surface area (TPSA) is 62.7 Å². The second kappa shape index (κ2) is 9.44. The first-order valence-corrected chi connectivity index (χ1v) is 11.5. The first-order valence-electron chi connectivity index (χ1n) is 11.1. The molecule has 0 radical (unpaired) electrons. The van der Waals surface area contributed by atoms with Crippen LogP contribution in [0, 0.1) is 12.8 Å². The predicted molar refractivity (Wildman–Crippen MR) is 121 cm³/mol. The third-order valence-electron chi connectivity index (χ3n) is 6.31. The molecule has 0 aliphatic carbocycles. The maximum absolute atomic E-state index is 13.5. The molecular formula is C24H25ClF3N3O3. The number of hydrogen-bond acceptors (Lipinski definition) is 5. The Kier molecular flexibility index (Phi) is 6.75. The van der Waals surface area contributed by atoms with Gasteiger partial charge in [-0.3, -0.25) is 4.79 Å². The summed E-state index contributed by atoms with van der Waals surface area (Å²) in [7, 11) is 0.